The summed E-state index contributed by atoms with van der Waals surface area (Å²) in [7, 11) is 1.35. The second-order valence-electron chi connectivity index (χ2n) is 2.65. The summed E-state index contributed by atoms with van der Waals surface area (Å²) >= 11 is 0. The van der Waals surface area contributed by atoms with Gasteiger partial charge in [0.1, 0.15) is 12.2 Å². The quantitative estimate of drug-likeness (QED) is 0.448. The first-order chi connectivity index (χ1) is 5.15. The Hall–Kier alpha value is -1.05. The average Bonchev–Trinajstić information content (AvgIpc) is 2.30. The summed E-state index contributed by atoms with van der Waals surface area (Å²) in [4.78, 5) is 12.0. The molecule has 0 aromatic rings. The maximum absolute atomic E-state index is 12.6. The summed E-state index contributed by atoms with van der Waals surface area (Å²) in [6.07, 6.45) is -0.862. The largest absolute Gasteiger partial charge is 0.333 e. The van der Waals surface area contributed by atoms with E-state index in [0.29, 0.717) is 0 Å². The van der Waals surface area contributed by atoms with E-state index in [1.54, 1.807) is 0 Å². The van der Waals surface area contributed by atoms with Crippen molar-refractivity contribution in [2.24, 2.45) is 0 Å². The average molecular weight is 154 g/mol. The van der Waals surface area contributed by atoms with Gasteiger partial charge < -0.3 is 4.90 Å². The van der Waals surface area contributed by atoms with Gasteiger partial charge in [0.2, 0.25) is 7.85 Å². The lowest BCUT2D eigenvalue weighted by molar-refractivity contribution is 0.221. The predicted molar refractivity (Wildman–Crippen MR) is 39.6 cm³/mol. The van der Waals surface area contributed by atoms with Gasteiger partial charge >= 0.3 is 0 Å². The van der Waals surface area contributed by atoms with E-state index >= 15 is 0 Å². The van der Waals surface area contributed by atoms with E-state index in [1.165, 1.54) is 12.7 Å². The zero-order valence-corrected chi connectivity index (χ0v) is 6.25. The highest BCUT2D eigenvalue weighted by atomic mass is 19.1. The standard InChI is InChI=1S/C6H8BFN2O/c7-6(11)10-3-4(8)1-5(10)2-9/h4-5H,1,3,7H2/t4-,5-/m0/s1. The molecule has 1 rings (SSSR count). The van der Waals surface area contributed by atoms with E-state index in [0.717, 1.165) is 0 Å². The Balaban J connectivity index is 2.67. The summed E-state index contributed by atoms with van der Waals surface area (Å²) in [6.45, 7) is 0.0769. The number of nitrogens with zero attached hydrogens (tertiary/aromatic N) is 2. The van der Waals surface area contributed by atoms with Gasteiger partial charge in [-0.25, -0.2) is 4.39 Å². The molecule has 0 unspecified atom stereocenters. The van der Waals surface area contributed by atoms with E-state index in [-0.39, 0.29) is 18.8 Å². The first-order valence-corrected chi connectivity index (χ1v) is 3.46. The van der Waals surface area contributed by atoms with Crippen LogP contribution in [0.3, 0.4) is 0 Å². The van der Waals surface area contributed by atoms with Crippen LogP contribution in [0.5, 0.6) is 0 Å². The summed E-state index contributed by atoms with van der Waals surface area (Å²) < 4.78 is 12.6. The second-order valence-corrected chi connectivity index (χ2v) is 2.65. The maximum atomic E-state index is 12.6. The number of carbonyl (C=O) groups excluding carboxylic acids is 1. The smallest absolute Gasteiger partial charge is 0.216 e. The van der Waals surface area contributed by atoms with Gasteiger partial charge in [-0.2, -0.15) is 5.26 Å². The number of alkyl halides is 1. The molecular formula is C6H8BFN2O. The highest BCUT2D eigenvalue weighted by Crippen LogP contribution is 2.19. The maximum Gasteiger partial charge on any atom is 0.216 e. The predicted octanol–water partition coefficient (Wildman–Crippen LogP) is -0.325. The van der Waals surface area contributed by atoms with E-state index in [1.807, 2.05) is 6.07 Å². The molecule has 1 aliphatic rings. The third kappa shape index (κ3) is 1.51. The Bertz CT molecular complexity index is 215. The number of rotatable bonds is 0. The molecule has 5 heteroatoms. The molecule has 0 N–H and O–H groups in total. The number of likely N-dealkylation sites (tertiary alicyclic amines) is 1. The Morgan fingerprint density at radius 3 is 2.82 bits per heavy atom. The van der Waals surface area contributed by atoms with Crippen LogP contribution in [0.25, 0.3) is 0 Å². The van der Waals surface area contributed by atoms with Crippen molar-refractivity contribution in [2.75, 3.05) is 6.54 Å². The minimum Gasteiger partial charge on any atom is -0.333 e. The molecule has 0 spiro atoms. The van der Waals surface area contributed by atoms with Gasteiger partial charge in [0.05, 0.1) is 12.6 Å². The van der Waals surface area contributed by atoms with Gasteiger partial charge in [0, 0.05) is 6.42 Å². The topological polar surface area (TPSA) is 44.1 Å². The van der Waals surface area contributed by atoms with Crippen LogP contribution in [-0.4, -0.2) is 37.3 Å². The van der Waals surface area contributed by atoms with Crippen molar-refractivity contribution in [3.8, 4) is 6.07 Å². The molecule has 0 aromatic carbocycles. The summed E-state index contributed by atoms with van der Waals surface area (Å²) in [5.74, 6) is -0.225. The van der Waals surface area contributed by atoms with Gasteiger partial charge in [0.15, 0.2) is 5.81 Å². The summed E-state index contributed by atoms with van der Waals surface area (Å²) in [5.41, 5.74) is 0. The normalized spacial score (nSPS) is 30.0. The van der Waals surface area contributed by atoms with Crippen molar-refractivity contribution in [1.29, 1.82) is 5.26 Å². The first kappa shape index (κ1) is 8.06. The number of hydrogen-bond acceptors (Lipinski definition) is 2. The van der Waals surface area contributed by atoms with Gasteiger partial charge in [-0.15, -0.1) is 0 Å². The molecule has 1 aliphatic heterocycles. The molecule has 0 bridgehead atoms. The molecule has 1 amide bonds. The fourth-order valence-electron chi connectivity index (χ4n) is 1.26. The van der Waals surface area contributed by atoms with E-state index in [4.69, 9.17) is 5.26 Å². The highest BCUT2D eigenvalue weighted by Gasteiger charge is 2.33. The zero-order valence-electron chi connectivity index (χ0n) is 6.25. The van der Waals surface area contributed by atoms with Crippen molar-refractivity contribution < 1.29 is 9.18 Å². The lowest BCUT2D eigenvalue weighted by atomic mass is 10.1. The van der Waals surface area contributed by atoms with Crippen molar-refractivity contribution in [3.63, 3.8) is 0 Å². The first-order valence-electron chi connectivity index (χ1n) is 3.46. The summed E-state index contributed by atoms with van der Waals surface area (Å²) in [6, 6.07) is 1.34. The van der Waals surface area contributed by atoms with E-state index < -0.39 is 12.2 Å². The van der Waals surface area contributed by atoms with Crippen LogP contribution in [-0.2, 0) is 0 Å². The van der Waals surface area contributed by atoms with Crippen LogP contribution in [0, 0.1) is 11.3 Å². The van der Waals surface area contributed by atoms with Crippen LogP contribution in [0.2, 0.25) is 0 Å². The van der Waals surface area contributed by atoms with Gasteiger partial charge in [-0.3, -0.25) is 4.79 Å². The van der Waals surface area contributed by atoms with Crippen molar-refractivity contribution in [3.05, 3.63) is 0 Å². The Labute approximate surface area is 65.2 Å². The molecule has 2 atom stereocenters. The second kappa shape index (κ2) is 2.91. The fourth-order valence-corrected chi connectivity index (χ4v) is 1.26. The van der Waals surface area contributed by atoms with Crippen LogP contribution in [0.1, 0.15) is 6.42 Å². The highest BCUT2D eigenvalue weighted by molar-refractivity contribution is 6.57. The molecule has 1 heterocycles. The van der Waals surface area contributed by atoms with Crippen LogP contribution in [0.4, 0.5) is 9.18 Å². The van der Waals surface area contributed by atoms with E-state index in [2.05, 4.69) is 0 Å². The molecule has 1 saturated heterocycles. The lowest BCUT2D eigenvalue weighted by Crippen LogP contribution is -2.33. The van der Waals surface area contributed by atoms with Gasteiger partial charge in [-0.1, -0.05) is 0 Å². The molecule has 11 heavy (non-hydrogen) atoms. The van der Waals surface area contributed by atoms with Crippen molar-refractivity contribution in [1.82, 2.24) is 4.90 Å². The monoisotopic (exact) mass is 154 g/mol. The molecule has 0 radical (unpaired) electrons. The molecule has 0 saturated carbocycles. The Morgan fingerprint density at radius 2 is 2.45 bits per heavy atom. The number of hydrogen-bond donors (Lipinski definition) is 0. The number of nitriles is 1. The third-order valence-electron chi connectivity index (χ3n) is 1.80. The minimum absolute atomic E-state index is 0.0769. The van der Waals surface area contributed by atoms with Crippen LogP contribution >= 0.6 is 0 Å². The van der Waals surface area contributed by atoms with Crippen molar-refractivity contribution >= 4 is 13.7 Å². The molecule has 3 nitrogen and oxygen atoms in total. The fraction of sp³-hybridized carbons (Fsp3) is 0.667. The van der Waals surface area contributed by atoms with Crippen LogP contribution < -0.4 is 0 Å². The van der Waals surface area contributed by atoms with E-state index in [9.17, 15) is 9.18 Å². The Morgan fingerprint density at radius 1 is 1.82 bits per heavy atom. The molecule has 58 valence electrons. The molecule has 1 fully saturated rings. The number of halogens is 1. The summed E-state index contributed by atoms with van der Waals surface area (Å²) in [5, 5.41) is 8.49. The Kier molecular flexibility index (Phi) is 2.13. The third-order valence-corrected chi connectivity index (χ3v) is 1.80. The van der Waals surface area contributed by atoms with Crippen LogP contribution in [0.15, 0.2) is 0 Å². The van der Waals surface area contributed by atoms with Gasteiger partial charge in [0.25, 0.3) is 0 Å². The molecule has 0 aromatic heterocycles. The lowest BCUT2D eigenvalue weighted by Gasteiger charge is -2.16. The number of amides is 1. The SMILES string of the molecule is BC(=O)N1C[C@@H](F)C[C@H]1C#N. The minimum atomic E-state index is -1.02. The molecule has 0 aliphatic carbocycles. The molecular weight excluding hydrogens is 146 g/mol. The van der Waals surface area contributed by atoms with Crippen molar-refractivity contribution in [2.45, 2.75) is 18.6 Å². The number of carbonyl (C=O) groups is 1. The van der Waals surface area contributed by atoms with Gasteiger partial charge in [-0.05, 0) is 0 Å². The zero-order chi connectivity index (χ0) is 8.43.